The zero-order chi connectivity index (χ0) is 12.4. The fourth-order valence-electron chi connectivity index (χ4n) is 1.67. The topological polar surface area (TPSA) is 63.0 Å². The highest BCUT2D eigenvalue weighted by atomic mass is 16.4. The van der Waals surface area contributed by atoms with Gasteiger partial charge in [0.05, 0.1) is 0 Å². The van der Waals surface area contributed by atoms with Gasteiger partial charge < -0.3 is 10.2 Å². The molecule has 0 bridgehead atoms. The van der Waals surface area contributed by atoms with Gasteiger partial charge in [0, 0.05) is 11.6 Å². The Labute approximate surface area is 100 Å². The summed E-state index contributed by atoms with van der Waals surface area (Å²) in [7, 11) is 0. The Bertz CT molecular complexity index is 559. The van der Waals surface area contributed by atoms with E-state index in [1.54, 1.807) is 6.07 Å². The summed E-state index contributed by atoms with van der Waals surface area (Å²) in [6.45, 7) is 4.29. The van der Waals surface area contributed by atoms with Crippen molar-refractivity contribution in [2.75, 3.05) is 5.73 Å². The van der Waals surface area contributed by atoms with Gasteiger partial charge in [-0.1, -0.05) is 38.1 Å². The second-order valence-electron chi connectivity index (χ2n) is 4.28. The van der Waals surface area contributed by atoms with Crippen LogP contribution in [0.5, 0.6) is 0 Å². The lowest BCUT2D eigenvalue weighted by Crippen LogP contribution is -1.86. The van der Waals surface area contributed by atoms with Crippen LogP contribution in [0.1, 0.15) is 30.9 Å². The van der Waals surface area contributed by atoms with Crippen LogP contribution in [0.2, 0.25) is 0 Å². The lowest BCUT2D eigenvalue weighted by molar-refractivity contribution is 0.602. The van der Waals surface area contributed by atoms with Gasteiger partial charge in [-0.3, -0.25) is 0 Å². The van der Waals surface area contributed by atoms with Gasteiger partial charge in [0.2, 0.25) is 5.88 Å². The molecule has 3 nitrogen and oxygen atoms in total. The third-order valence-electron chi connectivity index (χ3n) is 2.74. The van der Waals surface area contributed by atoms with Crippen molar-refractivity contribution >= 4 is 5.88 Å². The highest BCUT2D eigenvalue weighted by molar-refractivity contribution is 5.64. The molecule has 2 rings (SSSR count). The Balaban J connectivity index is 2.37. The molecule has 0 unspecified atom stereocenters. The van der Waals surface area contributed by atoms with E-state index in [0.29, 0.717) is 17.2 Å². The number of nitriles is 1. The van der Waals surface area contributed by atoms with E-state index in [1.165, 1.54) is 5.56 Å². The van der Waals surface area contributed by atoms with Gasteiger partial charge >= 0.3 is 0 Å². The molecule has 86 valence electrons. The molecule has 0 saturated carbocycles. The number of hydrogen-bond donors (Lipinski definition) is 1. The molecule has 0 spiro atoms. The molecule has 1 aromatic carbocycles. The van der Waals surface area contributed by atoms with Crippen LogP contribution in [0, 0.1) is 11.3 Å². The average Bonchev–Trinajstić information content (AvgIpc) is 2.70. The molecule has 1 heterocycles. The van der Waals surface area contributed by atoms with Gasteiger partial charge in [-0.15, -0.1) is 0 Å². The average molecular weight is 226 g/mol. The van der Waals surface area contributed by atoms with Crippen LogP contribution < -0.4 is 5.73 Å². The van der Waals surface area contributed by atoms with Crippen molar-refractivity contribution in [2.45, 2.75) is 19.8 Å². The van der Waals surface area contributed by atoms with Crippen molar-refractivity contribution in [3.63, 3.8) is 0 Å². The summed E-state index contributed by atoms with van der Waals surface area (Å²) in [6.07, 6.45) is 0. The number of nitrogen functional groups attached to an aromatic ring is 1. The van der Waals surface area contributed by atoms with E-state index < -0.39 is 0 Å². The Hall–Kier alpha value is -2.21. The van der Waals surface area contributed by atoms with Gasteiger partial charge in [-0.05, 0) is 11.5 Å². The lowest BCUT2D eigenvalue weighted by Gasteiger charge is -2.05. The third kappa shape index (κ3) is 2.16. The molecule has 2 aromatic rings. The molecule has 2 N–H and O–H groups in total. The number of benzene rings is 1. The van der Waals surface area contributed by atoms with Gasteiger partial charge in [-0.2, -0.15) is 5.26 Å². The second kappa shape index (κ2) is 4.34. The van der Waals surface area contributed by atoms with E-state index in [-0.39, 0.29) is 5.88 Å². The minimum Gasteiger partial charge on any atom is -0.440 e. The Morgan fingerprint density at radius 3 is 2.35 bits per heavy atom. The number of hydrogen-bond acceptors (Lipinski definition) is 3. The van der Waals surface area contributed by atoms with Crippen LogP contribution in [0.25, 0.3) is 11.3 Å². The molecule has 0 aliphatic rings. The van der Waals surface area contributed by atoms with Crippen molar-refractivity contribution in [1.29, 1.82) is 5.26 Å². The molecule has 3 heteroatoms. The summed E-state index contributed by atoms with van der Waals surface area (Å²) < 4.78 is 5.35. The van der Waals surface area contributed by atoms with Crippen molar-refractivity contribution in [1.82, 2.24) is 0 Å². The van der Waals surface area contributed by atoms with Crippen LogP contribution in [-0.2, 0) is 0 Å². The minimum atomic E-state index is 0.176. The van der Waals surface area contributed by atoms with Crippen molar-refractivity contribution in [2.24, 2.45) is 0 Å². The normalized spacial score (nSPS) is 10.5. The van der Waals surface area contributed by atoms with E-state index >= 15 is 0 Å². The first-order valence-corrected chi connectivity index (χ1v) is 5.51. The first kappa shape index (κ1) is 11.3. The molecule has 0 radical (unpaired) electrons. The molecule has 0 atom stereocenters. The fourth-order valence-corrected chi connectivity index (χ4v) is 1.67. The molecular weight excluding hydrogens is 212 g/mol. The number of nitrogens with zero attached hydrogens (tertiary/aromatic N) is 1. The van der Waals surface area contributed by atoms with Crippen LogP contribution in [0.3, 0.4) is 0 Å². The molecule has 17 heavy (non-hydrogen) atoms. The number of nitrogens with two attached hydrogens (primary N) is 1. The van der Waals surface area contributed by atoms with E-state index in [2.05, 4.69) is 26.0 Å². The molecular formula is C14H14N2O. The zero-order valence-corrected chi connectivity index (χ0v) is 9.90. The SMILES string of the molecule is CC(C)c1ccc(-c2cc(C#N)c(N)o2)cc1. The molecule has 0 aliphatic carbocycles. The third-order valence-corrected chi connectivity index (χ3v) is 2.74. The Morgan fingerprint density at radius 1 is 1.24 bits per heavy atom. The van der Waals surface area contributed by atoms with Gasteiger partial charge in [0.15, 0.2) is 0 Å². The summed E-state index contributed by atoms with van der Waals surface area (Å²) in [6, 6.07) is 11.7. The smallest absolute Gasteiger partial charge is 0.208 e. The summed E-state index contributed by atoms with van der Waals surface area (Å²) in [5, 5.41) is 8.81. The number of furan rings is 1. The van der Waals surface area contributed by atoms with E-state index in [0.717, 1.165) is 5.56 Å². The second-order valence-corrected chi connectivity index (χ2v) is 4.28. The van der Waals surface area contributed by atoms with E-state index in [4.69, 9.17) is 15.4 Å². The predicted molar refractivity (Wildman–Crippen MR) is 67.4 cm³/mol. The number of rotatable bonds is 2. The Morgan fingerprint density at radius 2 is 1.88 bits per heavy atom. The molecule has 1 aromatic heterocycles. The van der Waals surface area contributed by atoms with Crippen LogP contribution in [-0.4, -0.2) is 0 Å². The summed E-state index contributed by atoms with van der Waals surface area (Å²) in [4.78, 5) is 0. The minimum absolute atomic E-state index is 0.176. The van der Waals surface area contributed by atoms with Crippen molar-refractivity contribution < 1.29 is 4.42 Å². The first-order valence-electron chi connectivity index (χ1n) is 5.51. The van der Waals surface area contributed by atoms with Crippen LogP contribution in [0.4, 0.5) is 5.88 Å². The molecule has 0 fully saturated rings. The number of anilines is 1. The summed E-state index contributed by atoms with van der Waals surface area (Å²) >= 11 is 0. The van der Waals surface area contributed by atoms with Crippen LogP contribution in [0.15, 0.2) is 34.7 Å². The van der Waals surface area contributed by atoms with E-state index in [1.807, 2.05) is 18.2 Å². The monoisotopic (exact) mass is 226 g/mol. The molecule has 0 saturated heterocycles. The fraction of sp³-hybridized carbons (Fsp3) is 0.214. The van der Waals surface area contributed by atoms with Crippen molar-refractivity contribution in [3.8, 4) is 17.4 Å². The van der Waals surface area contributed by atoms with Crippen LogP contribution >= 0.6 is 0 Å². The van der Waals surface area contributed by atoms with E-state index in [9.17, 15) is 0 Å². The lowest BCUT2D eigenvalue weighted by atomic mass is 10.0. The predicted octanol–water partition coefficient (Wildman–Crippen LogP) is 3.52. The largest absolute Gasteiger partial charge is 0.440 e. The van der Waals surface area contributed by atoms with Gasteiger partial charge in [0.25, 0.3) is 0 Å². The highest BCUT2D eigenvalue weighted by Crippen LogP contribution is 2.28. The maximum absolute atomic E-state index is 8.81. The first-order chi connectivity index (χ1) is 8.11. The maximum atomic E-state index is 8.81. The molecule has 0 aliphatic heterocycles. The van der Waals surface area contributed by atoms with Gasteiger partial charge in [-0.25, -0.2) is 0 Å². The zero-order valence-electron chi connectivity index (χ0n) is 9.90. The Kier molecular flexibility index (Phi) is 2.88. The van der Waals surface area contributed by atoms with Gasteiger partial charge in [0.1, 0.15) is 17.4 Å². The summed E-state index contributed by atoms with van der Waals surface area (Å²) in [5.74, 6) is 1.31. The highest BCUT2D eigenvalue weighted by Gasteiger charge is 2.09. The molecule has 0 amide bonds. The summed E-state index contributed by atoms with van der Waals surface area (Å²) in [5.41, 5.74) is 8.17. The quantitative estimate of drug-likeness (QED) is 0.852. The standard InChI is InChI=1S/C14H14N2O/c1-9(2)10-3-5-11(6-4-10)13-7-12(8-15)14(16)17-13/h3-7,9H,16H2,1-2H3. The van der Waals surface area contributed by atoms with Crippen molar-refractivity contribution in [3.05, 3.63) is 41.5 Å². The maximum Gasteiger partial charge on any atom is 0.208 e.